The second kappa shape index (κ2) is 4.53. The Morgan fingerprint density at radius 2 is 2.21 bits per heavy atom. The van der Waals surface area contributed by atoms with Gasteiger partial charge in [0, 0.05) is 5.75 Å². The minimum Gasteiger partial charge on any atom is -0.465 e. The molecule has 0 saturated carbocycles. The number of thioether (sulfide) groups is 1. The molecule has 1 rings (SSSR count). The maximum Gasteiger partial charge on any atom is 0.324 e. The summed E-state index contributed by atoms with van der Waals surface area (Å²) in [5.41, 5.74) is 0.186. The summed E-state index contributed by atoms with van der Waals surface area (Å²) in [5.74, 6) is 0.701. The number of rotatable bonds is 2. The highest BCUT2D eigenvalue weighted by Crippen LogP contribution is 2.33. The summed E-state index contributed by atoms with van der Waals surface area (Å²) in [5, 5.41) is 3.65. The highest BCUT2D eigenvalue weighted by molar-refractivity contribution is 8.00. The summed E-state index contributed by atoms with van der Waals surface area (Å²) in [6.45, 7) is 8.81. The van der Waals surface area contributed by atoms with E-state index in [1.165, 1.54) is 0 Å². The normalized spacial score (nSPS) is 27.7. The van der Waals surface area contributed by atoms with Gasteiger partial charge in [-0.15, -0.1) is 11.8 Å². The van der Waals surface area contributed by atoms with Crippen LogP contribution in [0.15, 0.2) is 0 Å². The van der Waals surface area contributed by atoms with Crippen LogP contribution in [-0.2, 0) is 9.53 Å². The number of hydrogen-bond donors (Lipinski definition) is 1. The number of carbonyl (C=O) groups excluding carboxylic acids is 1. The number of carbonyl (C=O) groups is 1. The van der Waals surface area contributed by atoms with Crippen LogP contribution in [0.5, 0.6) is 0 Å². The predicted molar refractivity (Wildman–Crippen MR) is 59.3 cm³/mol. The lowest BCUT2D eigenvalue weighted by molar-refractivity contribution is -0.144. The lowest BCUT2D eigenvalue weighted by Gasteiger charge is -2.26. The van der Waals surface area contributed by atoms with Crippen molar-refractivity contribution in [2.45, 2.75) is 39.1 Å². The van der Waals surface area contributed by atoms with Gasteiger partial charge in [-0.25, -0.2) is 0 Å². The standard InChI is InChI=1S/C10H19NO2S/c1-5-13-8(12)7-6-14-9(11-7)10(2,3)4/h7,9,11H,5-6H2,1-4H3/t7-,9+/m0/s1. The van der Waals surface area contributed by atoms with Gasteiger partial charge in [0.15, 0.2) is 0 Å². The molecule has 1 saturated heterocycles. The molecule has 82 valence electrons. The average molecular weight is 217 g/mol. The van der Waals surface area contributed by atoms with Gasteiger partial charge in [-0.3, -0.25) is 10.1 Å². The minimum absolute atomic E-state index is 0.119. The summed E-state index contributed by atoms with van der Waals surface area (Å²) in [4.78, 5) is 11.4. The van der Waals surface area contributed by atoms with Crippen LogP contribution in [0.25, 0.3) is 0 Å². The summed E-state index contributed by atoms with van der Waals surface area (Å²) in [7, 11) is 0. The van der Waals surface area contributed by atoms with Gasteiger partial charge < -0.3 is 4.74 Å². The number of esters is 1. The molecule has 0 aliphatic carbocycles. The molecule has 0 aromatic heterocycles. The second-order valence-corrected chi connectivity index (χ2v) is 5.69. The van der Waals surface area contributed by atoms with Crippen LogP contribution in [-0.4, -0.2) is 29.7 Å². The van der Waals surface area contributed by atoms with Crippen molar-refractivity contribution in [3.8, 4) is 0 Å². The molecule has 3 nitrogen and oxygen atoms in total. The maximum atomic E-state index is 11.4. The summed E-state index contributed by atoms with van der Waals surface area (Å²) < 4.78 is 4.97. The van der Waals surface area contributed by atoms with Gasteiger partial charge >= 0.3 is 5.97 Å². The quantitative estimate of drug-likeness (QED) is 0.713. The SMILES string of the molecule is CCOC(=O)[C@@H]1CS[C@H](C(C)(C)C)N1. The first-order valence-electron chi connectivity index (χ1n) is 4.99. The van der Waals surface area contributed by atoms with Crippen LogP contribution in [0.2, 0.25) is 0 Å². The predicted octanol–water partition coefficient (Wildman–Crippen LogP) is 1.63. The summed E-state index contributed by atoms with van der Waals surface area (Å²) in [6.07, 6.45) is 0. The van der Waals surface area contributed by atoms with Gasteiger partial charge in [-0.05, 0) is 12.3 Å². The van der Waals surface area contributed by atoms with Crippen LogP contribution < -0.4 is 5.32 Å². The minimum atomic E-state index is -0.121. The third-order valence-corrected chi connectivity index (χ3v) is 3.84. The van der Waals surface area contributed by atoms with E-state index in [1.807, 2.05) is 6.92 Å². The fourth-order valence-electron chi connectivity index (χ4n) is 1.35. The van der Waals surface area contributed by atoms with Gasteiger partial charge in [0.1, 0.15) is 6.04 Å². The Labute approximate surface area is 90.0 Å². The van der Waals surface area contributed by atoms with Crippen LogP contribution in [0.3, 0.4) is 0 Å². The first-order chi connectivity index (χ1) is 6.45. The molecule has 0 aromatic carbocycles. The van der Waals surface area contributed by atoms with E-state index in [1.54, 1.807) is 11.8 Å². The largest absolute Gasteiger partial charge is 0.465 e. The molecule has 0 spiro atoms. The van der Waals surface area contributed by atoms with Gasteiger partial charge in [0.25, 0.3) is 0 Å². The van der Waals surface area contributed by atoms with Crippen molar-refractivity contribution in [1.29, 1.82) is 0 Å². The van der Waals surface area contributed by atoms with E-state index in [4.69, 9.17) is 4.74 Å². The highest BCUT2D eigenvalue weighted by Gasteiger charge is 2.36. The van der Waals surface area contributed by atoms with E-state index in [-0.39, 0.29) is 17.4 Å². The zero-order valence-corrected chi connectivity index (χ0v) is 10.1. The number of ether oxygens (including phenoxy) is 1. The molecule has 4 heteroatoms. The Morgan fingerprint density at radius 3 is 2.64 bits per heavy atom. The molecule has 14 heavy (non-hydrogen) atoms. The number of hydrogen-bond acceptors (Lipinski definition) is 4. The third-order valence-electron chi connectivity index (χ3n) is 2.14. The number of nitrogens with one attached hydrogen (secondary N) is 1. The van der Waals surface area contributed by atoms with Gasteiger partial charge in [-0.1, -0.05) is 20.8 Å². The molecule has 0 radical (unpaired) electrons. The van der Waals surface area contributed by atoms with E-state index in [0.29, 0.717) is 12.0 Å². The molecule has 0 amide bonds. The Kier molecular flexibility index (Phi) is 3.84. The van der Waals surface area contributed by atoms with E-state index >= 15 is 0 Å². The topological polar surface area (TPSA) is 38.3 Å². The second-order valence-electron chi connectivity index (χ2n) is 4.55. The molecule has 1 aliphatic heterocycles. The molecule has 1 heterocycles. The van der Waals surface area contributed by atoms with Crippen molar-refractivity contribution >= 4 is 17.7 Å². The Balaban J connectivity index is 2.45. The lowest BCUT2D eigenvalue weighted by atomic mass is 9.96. The smallest absolute Gasteiger partial charge is 0.324 e. The fraction of sp³-hybridized carbons (Fsp3) is 0.900. The van der Waals surface area contributed by atoms with Crippen molar-refractivity contribution < 1.29 is 9.53 Å². The van der Waals surface area contributed by atoms with Crippen molar-refractivity contribution in [1.82, 2.24) is 5.32 Å². The molecule has 1 N–H and O–H groups in total. The van der Waals surface area contributed by atoms with Crippen molar-refractivity contribution in [3.63, 3.8) is 0 Å². The van der Waals surface area contributed by atoms with Crippen LogP contribution in [0, 0.1) is 5.41 Å². The molecule has 0 bridgehead atoms. The Bertz CT molecular complexity index is 213. The average Bonchev–Trinajstić information content (AvgIpc) is 2.51. The van der Waals surface area contributed by atoms with E-state index in [9.17, 15) is 4.79 Å². The Morgan fingerprint density at radius 1 is 1.57 bits per heavy atom. The van der Waals surface area contributed by atoms with Gasteiger partial charge in [0.2, 0.25) is 0 Å². The molecule has 0 unspecified atom stereocenters. The first kappa shape index (κ1) is 11.9. The van der Waals surface area contributed by atoms with Crippen molar-refractivity contribution in [2.75, 3.05) is 12.4 Å². The van der Waals surface area contributed by atoms with Crippen molar-refractivity contribution in [2.24, 2.45) is 5.41 Å². The maximum absolute atomic E-state index is 11.4. The summed E-state index contributed by atoms with van der Waals surface area (Å²) in [6, 6.07) is -0.121. The molecular formula is C10H19NO2S. The molecule has 0 aromatic rings. The zero-order valence-electron chi connectivity index (χ0n) is 9.29. The van der Waals surface area contributed by atoms with Gasteiger partial charge in [-0.2, -0.15) is 0 Å². The van der Waals surface area contributed by atoms with Crippen LogP contribution in [0.4, 0.5) is 0 Å². The van der Waals surface area contributed by atoms with Gasteiger partial charge in [0.05, 0.1) is 12.0 Å². The molecule has 1 aliphatic rings. The van der Waals surface area contributed by atoms with Crippen LogP contribution in [0.1, 0.15) is 27.7 Å². The highest BCUT2D eigenvalue weighted by atomic mass is 32.2. The monoisotopic (exact) mass is 217 g/mol. The Hall–Kier alpha value is -0.220. The molecular weight excluding hydrogens is 198 g/mol. The molecule has 1 fully saturated rings. The van der Waals surface area contributed by atoms with Crippen LogP contribution >= 0.6 is 11.8 Å². The van der Waals surface area contributed by atoms with E-state index < -0.39 is 0 Å². The lowest BCUT2D eigenvalue weighted by Crippen LogP contribution is -2.42. The fourth-order valence-corrected chi connectivity index (χ4v) is 2.73. The third kappa shape index (κ3) is 2.89. The van der Waals surface area contributed by atoms with E-state index in [2.05, 4.69) is 26.1 Å². The van der Waals surface area contributed by atoms with E-state index in [0.717, 1.165) is 5.75 Å². The summed E-state index contributed by atoms with van der Waals surface area (Å²) >= 11 is 1.80. The van der Waals surface area contributed by atoms with Crippen molar-refractivity contribution in [3.05, 3.63) is 0 Å². The zero-order chi connectivity index (χ0) is 10.8. The first-order valence-corrected chi connectivity index (χ1v) is 6.04. The molecule has 2 atom stereocenters.